The first-order valence-electron chi connectivity index (χ1n) is 5.10. The molecule has 2 N–H and O–H groups in total. The van der Waals surface area contributed by atoms with E-state index in [1.807, 2.05) is 19.5 Å². The first-order chi connectivity index (χ1) is 7.36. The molecule has 0 aliphatic heterocycles. The maximum Gasteiger partial charge on any atom is 0.156 e. The van der Waals surface area contributed by atoms with E-state index < -0.39 is 0 Å². The SMILES string of the molecule is CN/C(=N/CCCCc1c[nH]cn1)SC. The van der Waals surface area contributed by atoms with Crippen LogP contribution in [0.15, 0.2) is 17.5 Å². The molecule has 0 bridgehead atoms. The Morgan fingerprint density at radius 3 is 3.07 bits per heavy atom. The van der Waals surface area contributed by atoms with Crippen LogP contribution < -0.4 is 5.32 Å². The van der Waals surface area contributed by atoms with Crippen molar-refractivity contribution in [2.24, 2.45) is 4.99 Å². The van der Waals surface area contributed by atoms with Crippen molar-refractivity contribution in [2.75, 3.05) is 19.8 Å². The van der Waals surface area contributed by atoms with Gasteiger partial charge in [0.25, 0.3) is 0 Å². The largest absolute Gasteiger partial charge is 0.368 e. The summed E-state index contributed by atoms with van der Waals surface area (Å²) in [7, 11) is 1.90. The van der Waals surface area contributed by atoms with Crippen molar-refractivity contribution in [3.8, 4) is 0 Å². The van der Waals surface area contributed by atoms with Crippen LogP contribution >= 0.6 is 11.8 Å². The maximum absolute atomic E-state index is 4.42. The van der Waals surface area contributed by atoms with Gasteiger partial charge < -0.3 is 10.3 Å². The highest BCUT2D eigenvalue weighted by molar-refractivity contribution is 8.13. The second-order valence-electron chi connectivity index (χ2n) is 3.16. The number of nitrogens with zero attached hydrogens (tertiary/aromatic N) is 2. The normalized spacial score (nSPS) is 11.7. The second-order valence-corrected chi connectivity index (χ2v) is 3.95. The van der Waals surface area contributed by atoms with Crippen LogP contribution in [0.1, 0.15) is 18.5 Å². The number of thioether (sulfide) groups is 1. The van der Waals surface area contributed by atoms with Crippen LogP contribution in [0.3, 0.4) is 0 Å². The van der Waals surface area contributed by atoms with E-state index >= 15 is 0 Å². The molecule has 0 atom stereocenters. The second kappa shape index (κ2) is 7.34. The molecule has 0 amide bonds. The van der Waals surface area contributed by atoms with Crippen LogP contribution in [-0.2, 0) is 6.42 Å². The molecule has 15 heavy (non-hydrogen) atoms. The fourth-order valence-electron chi connectivity index (χ4n) is 1.27. The summed E-state index contributed by atoms with van der Waals surface area (Å²) in [6.07, 6.45) is 8.98. The molecule has 0 radical (unpaired) electrons. The number of rotatable bonds is 5. The van der Waals surface area contributed by atoms with E-state index in [9.17, 15) is 0 Å². The predicted octanol–water partition coefficient (Wildman–Crippen LogP) is 1.67. The highest BCUT2D eigenvalue weighted by atomic mass is 32.2. The van der Waals surface area contributed by atoms with Crippen molar-refractivity contribution in [2.45, 2.75) is 19.3 Å². The Kier molecular flexibility index (Phi) is 5.92. The van der Waals surface area contributed by atoms with Crippen LogP contribution in [0.2, 0.25) is 0 Å². The Hall–Kier alpha value is -0.970. The van der Waals surface area contributed by atoms with Gasteiger partial charge in [-0.1, -0.05) is 11.8 Å². The van der Waals surface area contributed by atoms with Gasteiger partial charge in [-0.25, -0.2) is 4.98 Å². The molecule has 1 aromatic heterocycles. The van der Waals surface area contributed by atoms with Gasteiger partial charge in [0.2, 0.25) is 0 Å². The van der Waals surface area contributed by atoms with Gasteiger partial charge in [-0.3, -0.25) is 4.99 Å². The molecular formula is C10H18N4S. The van der Waals surface area contributed by atoms with Crippen molar-refractivity contribution < 1.29 is 0 Å². The lowest BCUT2D eigenvalue weighted by molar-refractivity contribution is 0.735. The van der Waals surface area contributed by atoms with Crippen molar-refractivity contribution >= 4 is 16.9 Å². The van der Waals surface area contributed by atoms with Crippen molar-refractivity contribution in [1.82, 2.24) is 15.3 Å². The standard InChI is InChI=1S/C10H18N4S/c1-11-10(15-2)13-6-4-3-5-9-7-12-8-14-9/h7-8H,3-6H2,1-2H3,(H,11,13)(H,12,14). The number of imidazole rings is 1. The molecule has 1 aromatic rings. The average Bonchev–Trinajstić information content (AvgIpc) is 2.76. The van der Waals surface area contributed by atoms with Gasteiger partial charge in [0.1, 0.15) is 0 Å². The minimum Gasteiger partial charge on any atom is -0.368 e. The van der Waals surface area contributed by atoms with E-state index in [2.05, 4.69) is 20.3 Å². The maximum atomic E-state index is 4.42. The summed E-state index contributed by atoms with van der Waals surface area (Å²) in [5, 5.41) is 4.06. The van der Waals surface area contributed by atoms with E-state index in [1.165, 1.54) is 0 Å². The molecule has 5 heteroatoms. The number of unbranched alkanes of at least 4 members (excludes halogenated alkanes) is 1. The summed E-state index contributed by atoms with van der Waals surface area (Å²) < 4.78 is 0. The first-order valence-corrected chi connectivity index (χ1v) is 6.33. The molecule has 0 saturated heterocycles. The van der Waals surface area contributed by atoms with E-state index in [0.717, 1.165) is 36.7 Å². The lowest BCUT2D eigenvalue weighted by Crippen LogP contribution is -2.14. The van der Waals surface area contributed by atoms with Crippen LogP contribution in [0, 0.1) is 0 Å². The molecular weight excluding hydrogens is 208 g/mol. The molecule has 0 unspecified atom stereocenters. The molecule has 0 saturated carbocycles. The van der Waals surface area contributed by atoms with Crippen LogP contribution in [-0.4, -0.2) is 35.0 Å². The molecule has 0 fully saturated rings. The Labute approximate surface area is 95.0 Å². The van der Waals surface area contributed by atoms with E-state index in [1.54, 1.807) is 18.1 Å². The molecule has 1 rings (SSSR count). The quantitative estimate of drug-likeness (QED) is 0.456. The van der Waals surface area contributed by atoms with E-state index in [0.29, 0.717) is 0 Å². The molecule has 0 aromatic carbocycles. The minimum absolute atomic E-state index is 0.890. The summed E-state index contributed by atoms with van der Waals surface area (Å²) in [5.74, 6) is 0. The Morgan fingerprint density at radius 2 is 2.47 bits per heavy atom. The van der Waals surface area contributed by atoms with Gasteiger partial charge >= 0.3 is 0 Å². The zero-order chi connectivity index (χ0) is 10.9. The summed E-state index contributed by atoms with van der Waals surface area (Å²) >= 11 is 1.65. The summed E-state index contributed by atoms with van der Waals surface area (Å²) in [4.78, 5) is 11.5. The van der Waals surface area contributed by atoms with Crippen molar-refractivity contribution in [1.29, 1.82) is 0 Å². The van der Waals surface area contributed by atoms with Gasteiger partial charge in [-0.05, 0) is 25.5 Å². The monoisotopic (exact) mass is 226 g/mol. The number of hydrogen-bond donors (Lipinski definition) is 2. The lowest BCUT2D eigenvalue weighted by Gasteiger charge is -2.01. The van der Waals surface area contributed by atoms with Gasteiger partial charge in [-0.2, -0.15) is 0 Å². The number of aliphatic imine (C=N–C) groups is 1. The number of hydrogen-bond acceptors (Lipinski definition) is 3. The van der Waals surface area contributed by atoms with Gasteiger partial charge in [0.05, 0.1) is 12.0 Å². The third kappa shape index (κ3) is 4.88. The number of aryl methyl sites for hydroxylation is 1. The highest BCUT2D eigenvalue weighted by Crippen LogP contribution is 2.01. The average molecular weight is 226 g/mol. The smallest absolute Gasteiger partial charge is 0.156 e. The van der Waals surface area contributed by atoms with Gasteiger partial charge in [-0.15, -0.1) is 0 Å². The Morgan fingerprint density at radius 1 is 1.60 bits per heavy atom. The molecule has 1 heterocycles. The molecule has 0 aliphatic rings. The number of H-pyrrole nitrogens is 1. The fraction of sp³-hybridized carbons (Fsp3) is 0.600. The Balaban J connectivity index is 2.09. The van der Waals surface area contributed by atoms with Crippen molar-refractivity contribution in [3.63, 3.8) is 0 Å². The van der Waals surface area contributed by atoms with Crippen molar-refractivity contribution in [3.05, 3.63) is 18.2 Å². The zero-order valence-electron chi connectivity index (χ0n) is 9.29. The van der Waals surface area contributed by atoms with Crippen LogP contribution in [0.5, 0.6) is 0 Å². The molecule has 0 spiro atoms. The molecule has 0 aliphatic carbocycles. The number of aromatic nitrogens is 2. The number of aromatic amines is 1. The predicted molar refractivity (Wildman–Crippen MR) is 66.4 cm³/mol. The van der Waals surface area contributed by atoms with E-state index in [-0.39, 0.29) is 0 Å². The van der Waals surface area contributed by atoms with E-state index in [4.69, 9.17) is 0 Å². The highest BCUT2D eigenvalue weighted by Gasteiger charge is 1.95. The summed E-state index contributed by atoms with van der Waals surface area (Å²) in [6.45, 7) is 0.890. The van der Waals surface area contributed by atoms with Crippen LogP contribution in [0.25, 0.3) is 0 Å². The minimum atomic E-state index is 0.890. The molecule has 84 valence electrons. The summed E-state index contributed by atoms with van der Waals surface area (Å²) in [6, 6.07) is 0. The fourth-order valence-corrected chi connectivity index (χ4v) is 1.70. The Bertz CT molecular complexity index is 276. The van der Waals surface area contributed by atoms with Gasteiger partial charge in [0.15, 0.2) is 5.17 Å². The topological polar surface area (TPSA) is 53.1 Å². The number of amidine groups is 1. The summed E-state index contributed by atoms with van der Waals surface area (Å²) in [5.41, 5.74) is 1.14. The zero-order valence-corrected chi connectivity index (χ0v) is 10.1. The lowest BCUT2D eigenvalue weighted by atomic mass is 10.2. The third-order valence-electron chi connectivity index (χ3n) is 2.06. The van der Waals surface area contributed by atoms with Gasteiger partial charge in [0, 0.05) is 19.8 Å². The van der Waals surface area contributed by atoms with Crippen LogP contribution in [0.4, 0.5) is 0 Å². The number of nitrogens with one attached hydrogen (secondary N) is 2. The first kappa shape index (κ1) is 12.1. The molecule has 4 nitrogen and oxygen atoms in total. The third-order valence-corrected chi connectivity index (χ3v) is 2.78.